The lowest BCUT2D eigenvalue weighted by Crippen LogP contribution is -1.95. The molecule has 0 saturated heterocycles. The molecule has 4 heteroatoms. The summed E-state index contributed by atoms with van der Waals surface area (Å²) in [5.41, 5.74) is 2.05. The van der Waals surface area contributed by atoms with Gasteiger partial charge in [0, 0.05) is 17.5 Å². The van der Waals surface area contributed by atoms with Crippen molar-refractivity contribution in [1.82, 2.24) is 0 Å². The number of phenolic OH excluding ortho intramolecular Hbond substituents is 4. The van der Waals surface area contributed by atoms with Crippen LogP contribution in [0.1, 0.15) is 29.2 Å². The van der Waals surface area contributed by atoms with Gasteiger partial charge in [0.05, 0.1) is 0 Å². The van der Waals surface area contributed by atoms with E-state index >= 15 is 0 Å². The molecule has 106 valence electrons. The van der Waals surface area contributed by atoms with Gasteiger partial charge in [-0.15, -0.1) is 0 Å². The van der Waals surface area contributed by atoms with Crippen LogP contribution in [0.3, 0.4) is 0 Å². The molecule has 2 aromatic carbocycles. The van der Waals surface area contributed by atoms with Crippen LogP contribution in [0.15, 0.2) is 24.3 Å². The maximum atomic E-state index is 10.2. The van der Waals surface area contributed by atoms with E-state index in [0.717, 1.165) is 0 Å². The molecular weight excluding hydrogens is 256 g/mol. The Morgan fingerprint density at radius 3 is 2.05 bits per heavy atom. The van der Waals surface area contributed by atoms with Crippen molar-refractivity contribution in [3.8, 4) is 23.0 Å². The first-order valence-electron chi connectivity index (χ1n) is 6.48. The summed E-state index contributed by atoms with van der Waals surface area (Å²) >= 11 is 0. The molecule has 0 amide bonds. The summed E-state index contributed by atoms with van der Waals surface area (Å²) in [6.07, 6.45) is 0.690. The number of rotatable bonds is 3. The minimum Gasteiger partial charge on any atom is -0.508 e. The number of benzene rings is 2. The van der Waals surface area contributed by atoms with E-state index in [-0.39, 0.29) is 29.4 Å². The maximum absolute atomic E-state index is 10.2. The third-order valence-electron chi connectivity index (χ3n) is 3.52. The first-order chi connectivity index (χ1) is 9.45. The third kappa shape index (κ3) is 2.37. The Morgan fingerprint density at radius 1 is 0.800 bits per heavy atom. The molecule has 4 N–H and O–H groups in total. The highest BCUT2D eigenvalue weighted by Gasteiger charge is 2.16. The van der Waals surface area contributed by atoms with E-state index in [1.54, 1.807) is 19.1 Å². The second-order valence-corrected chi connectivity index (χ2v) is 4.83. The normalized spacial score (nSPS) is 10.7. The van der Waals surface area contributed by atoms with Crippen LogP contribution >= 0.6 is 0 Å². The van der Waals surface area contributed by atoms with Crippen molar-refractivity contribution in [3.05, 3.63) is 46.5 Å². The summed E-state index contributed by atoms with van der Waals surface area (Å²) in [6, 6.07) is 6.24. The fourth-order valence-electron chi connectivity index (χ4n) is 2.27. The van der Waals surface area contributed by atoms with Crippen LogP contribution in [0.25, 0.3) is 0 Å². The topological polar surface area (TPSA) is 80.9 Å². The van der Waals surface area contributed by atoms with Gasteiger partial charge in [-0.05, 0) is 36.6 Å². The molecule has 4 nitrogen and oxygen atoms in total. The maximum Gasteiger partial charge on any atom is 0.125 e. The Morgan fingerprint density at radius 2 is 1.40 bits per heavy atom. The minimum atomic E-state index is -0.0152. The van der Waals surface area contributed by atoms with E-state index in [1.807, 2.05) is 6.92 Å². The van der Waals surface area contributed by atoms with Gasteiger partial charge in [0.15, 0.2) is 0 Å². The first kappa shape index (κ1) is 14.1. The lowest BCUT2D eigenvalue weighted by atomic mass is 9.97. The van der Waals surface area contributed by atoms with Crippen LogP contribution in [0.2, 0.25) is 0 Å². The first-order valence-corrected chi connectivity index (χ1v) is 6.48. The predicted molar refractivity (Wildman–Crippen MR) is 76.5 cm³/mol. The van der Waals surface area contributed by atoms with E-state index in [0.29, 0.717) is 28.7 Å². The Kier molecular flexibility index (Phi) is 3.74. The van der Waals surface area contributed by atoms with E-state index in [2.05, 4.69) is 0 Å². The van der Waals surface area contributed by atoms with Gasteiger partial charge in [0.25, 0.3) is 0 Å². The average Bonchev–Trinajstić information content (AvgIpc) is 2.42. The predicted octanol–water partition coefficient (Wildman–Crippen LogP) is 2.97. The summed E-state index contributed by atoms with van der Waals surface area (Å²) in [7, 11) is 0. The summed E-state index contributed by atoms with van der Waals surface area (Å²) < 4.78 is 0. The lowest BCUT2D eigenvalue weighted by Gasteiger charge is -2.13. The standard InChI is InChI=1S/C16H18O4/c1-3-11-13(17)7-5-10(16(11)20)8-12-14(18)6-4-9(2)15(12)19/h4-7,17-20H,3,8H2,1-2H3. The molecule has 0 aromatic heterocycles. The number of aromatic hydroxyl groups is 4. The van der Waals surface area contributed by atoms with E-state index < -0.39 is 0 Å². The van der Waals surface area contributed by atoms with Crippen molar-refractivity contribution < 1.29 is 20.4 Å². The molecule has 0 radical (unpaired) electrons. The SMILES string of the molecule is CCc1c(O)ccc(Cc2c(O)ccc(C)c2O)c1O. The van der Waals surface area contributed by atoms with Gasteiger partial charge in [0.1, 0.15) is 23.0 Å². The van der Waals surface area contributed by atoms with Gasteiger partial charge < -0.3 is 20.4 Å². The molecule has 0 bridgehead atoms. The quantitative estimate of drug-likeness (QED) is 0.693. The van der Waals surface area contributed by atoms with Crippen molar-refractivity contribution in [2.45, 2.75) is 26.7 Å². The molecule has 2 rings (SSSR count). The molecule has 0 spiro atoms. The highest BCUT2D eigenvalue weighted by Crippen LogP contribution is 2.37. The van der Waals surface area contributed by atoms with Crippen molar-refractivity contribution >= 4 is 0 Å². The summed E-state index contributed by atoms with van der Waals surface area (Å²) in [5.74, 6) is 0.0633. The highest BCUT2D eigenvalue weighted by atomic mass is 16.3. The Balaban J connectivity index is 2.49. The minimum absolute atomic E-state index is 0.00723. The van der Waals surface area contributed by atoms with E-state index in [9.17, 15) is 20.4 Å². The van der Waals surface area contributed by atoms with Gasteiger partial charge in [-0.2, -0.15) is 0 Å². The molecule has 0 aliphatic rings. The van der Waals surface area contributed by atoms with Crippen LogP contribution in [0, 0.1) is 6.92 Å². The largest absolute Gasteiger partial charge is 0.508 e. The molecule has 20 heavy (non-hydrogen) atoms. The smallest absolute Gasteiger partial charge is 0.125 e. The molecule has 0 aliphatic heterocycles. The highest BCUT2D eigenvalue weighted by molar-refractivity contribution is 5.55. The van der Waals surface area contributed by atoms with Crippen molar-refractivity contribution in [2.75, 3.05) is 0 Å². The number of phenols is 4. The average molecular weight is 274 g/mol. The van der Waals surface area contributed by atoms with Crippen molar-refractivity contribution in [1.29, 1.82) is 0 Å². The van der Waals surface area contributed by atoms with E-state index in [1.165, 1.54) is 12.1 Å². The third-order valence-corrected chi connectivity index (χ3v) is 3.52. The monoisotopic (exact) mass is 274 g/mol. The van der Waals surface area contributed by atoms with Gasteiger partial charge in [-0.3, -0.25) is 0 Å². The zero-order valence-corrected chi connectivity index (χ0v) is 11.5. The zero-order chi connectivity index (χ0) is 14.9. The molecule has 0 heterocycles. The molecule has 0 unspecified atom stereocenters. The van der Waals surface area contributed by atoms with Gasteiger partial charge in [-0.1, -0.05) is 19.1 Å². The van der Waals surface area contributed by atoms with Crippen LogP contribution in [0.4, 0.5) is 0 Å². The molecule has 2 aromatic rings. The molecule has 0 fully saturated rings. The molecular formula is C16H18O4. The fraction of sp³-hybridized carbons (Fsp3) is 0.250. The van der Waals surface area contributed by atoms with Gasteiger partial charge in [-0.25, -0.2) is 0 Å². The summed E-state index contributed by atoms with van der Waals surface area (Å²) in [6.45, 7) is 3.58. The summed E-state index contributed by atoms with van der Waals surface area (Å²) in [5, 5.41) is 39.7. The summed E-state index contributed by atoms with van der Waals surface area (Å²) in [4.78, 5) is 0. The molecule has 0 aliphatic carbocycles. The van der Waals surface area contributed by atoms with Gasteiger partial charge in [0.2, 0.25) is 0 Å². The molecule has 0 saturated carbocycles. The van der Waals surface area contributed by atoms with Crippen LogP contribution in [0.5, 0.6) is 23.0 Å². The molecule has 0 atom stereocenters. The van der Waals surface area contributed by atoms with Gasteiger partial charge >= 0.3 is 0 Å². The Bertz CT molecular complexity index is 647. The number of hydrogen-bond donors (Lipinski definition) is 4. The number of hydrogen-bond acceptors (Lipinski definition) is 4. The zero-order valence-electron chi connectivity index (χ0n) is 11.5. The van der Waals surface area contributed by atoms with E-state index in [4.69, 9.17) is 0 Å². The lowest BCUT2D eigenvalue weighted by molar-refractivity contribution is 0.430. The second kappa shape index (κ2) is 5.33. The van der Waals surface area contributed by atoms with Crippen LogP contribution in [-0.4, -0.2) is 20.4 Å². The fourth-order valence-corrected chi connectivity index (χ4v) is 2.27. The number of aryl methyl sites for hydroxylation is 1. The van der Waals surface area contributed by atoms with Crippen molar-refractivity contribution in [3.63, 3.8) is 0 Å². The van der Waals surface area contributed by atoms with Crippen LogP contribution < -0.4 is 0 Å². The Hall–Kier alpha value is -2.36. The van der Waals surface area contributed by atoms with Crippen LogP contribution in [-0.2, 0) is 12.8 Å². The second-order valence-electron chi connectivity index (χ2n) is 4.83. The Labute approximate surface area is 117 Å². The van der Waals surface area contributed by atoms with Crippen molar-refractivity contribution in [2.24, 2.45) is 0 Å².